The van der Waals surface area contributed by atoms with Crippen molar-refractivity contribution in [3.63, 3.8) is 0 Å². The summed E-state index contributed by atoms with van der Waals surface area (Å²) < 4.78 is 0. The topological polar surface area (TPSA) is 37.3 Å². The number of aromatic hydroxyl groups is 1. The van der Waals surface area contributed by atoms with Gasteiger partial charge in [-0.2, -0.15) is 0 Å². The van der Waals surface area contributed by atoms with Crippen LogP contribution in [0.4, 0.5) is 0 Å². The van der Waals surface area contributed by atoms with Crippen LogP contribution in [0.1, 0.15) is 25.8 Å². The molecule has 0 aliphatic heterocycles. The maximum atomic E-state index is 11.3. The lowest BCUT2D eigenvalue weighted by molar-refractivity contribution is -0.122. The van der Waals surface area contributed by atoms with Crippen LogP contribution in [0.25, 0.3) is 0 Å². The molecule has 0 saturated heterocycles. The third-order valence-electron chi connectivity index (χ3n) is 2.38. The minimum Gasteiger partial charge on any atom is -0.508 e. The molecule has 2 heteroatoms. The van der Waals surface area contributed by atoms with E-state index in [9.17, 15) is 4.79 Å². The maximum Gasteiger partial charge on any atom is 0.135 e. The van der Waals surface area contributed by atoms with E-state index >= 15 is 0 Å². The second-order valence-corrected chi connectivity index (χ2v) is 3.59. The van der Waals surface area contributed by atoms with E-state index in [0.717, 1.165) is 12.0 Å². The first-order valence-electron chi connectivity index (χ1n) is 4.94. The Kier molecular flexibility index (Phi) is 3.69. The van der Waals surface area contributed by atoms with Crippen LogP contribution in [0, 0.1) is 5.92 Å². The molecule has 76 valence electrons. The number of hydrogen-bond donors (Lipinski definition) is 1. The van der Waals surface area contributed by atoms with Gasteiger partial charge in [0.25, 0.3) is 0 Å². The standard InChI is InChI=1S/C12H16O2/c1-3-12(14)9(2)8-10-4-6-11(13)7-5-10/h4-7,9,13H,3,8H2,1-2H3. The first kappa shape index (κ1) is 10.8. The van der Waals surface area contributed by atoms with Crippen molar-refractivity contribution in [1.29, 1.82) is 0 Å². The van der Waals surface area contributed by atoms with Gasteiger partial charge in [0.05, 0.1) is 0 Å². The molecule has 0 radical (unpaired) electrons. The number of carbonyl (C=O) groups is 1. The van der Waals surface area contributed by atoms with E-state index in [1.54, 1.807) is 12.1 Å². The van der Waals surface area contributed by atoms with Crippen LogP contribution >= 0.6 is 0 Å². The first-order valence-corrected chi connectivity index (χ1v) is 4.94. The molecule has 0 fully saturated rings. The molecule has 1 unspecified atom stereocenters. The number of carbonyl (C=O) groups excluding carboxylic acids is 1. The summed E-state index contributed by atoms with van der Waals surface area (Å²) >= 11 is 0. The highest BCUT2D eigenvalue weighted by molar-refractivity contribution is 5.80. The summed E-state index contributed by atoms with van der Waals surface area (Å²) in [7, 11) is 0. The van der Waals surface area contributed by atoms with E-state index in [4.69, 9.17) is 5.11 Å². The van der Waals surface area contributed by atoms with Gasteiger partial charge in [-0.05, 0) is 24.1 Å². The molecule has 1 atom stereocenters. The molecule has 1 N–H and O–H groups in total. The van der Waals surface area contributed by atoms with E-state index in [1.807, 2.05) is 26.0 Å². The molecule has 0 amide bonds. The van der Waals surface area contributed by atoms with Crippen molar-refractivity contribution in [3.05, 3.63) is 29.8 Å². The predicted octanol–water partition coefficient (Wildman–Crippen LogP) is 2.55. The van der Waals surface area contributed by atoms with Crippen molar-refractivity contribution < 1.29 is 9.90 Å². The van der Waals surface area contributed by atoms with Gasteiger partial charge in [-0.15, -0.1) is 0 Å². The van der Waals surface area contributed by atoms with Crippen LogP contribution in [-0.4, -0.2) is 10.9 Å². The average Bonchev–Trinajstić information content (AvgIpc) is 2.20. The Balaban J connectivity index is 2.60. The lowest BCUT2D eigenvalue weighted by Crippen LogP contribution is -2.12. The molecule has 14 heavy (non-hydrogen) atoms. The van der Waals surface area contributed by atoms with Gasteiger partial charge in [0, 0.05) is 12.3 Å². The van der Waals surface area contributed by atoms with Gasteiger partial charge < -0.3 is 5.11 Å². The summed E-state index contributed by atoms with van der Waals surface area (Å²) in [6.07, 6.45) is 1.35. The summed E-state index contributed by atoms with van der Waals surface area (Å²) in [6, 6.07) is 7.01. The Bertz CT molecular complexity index is 301. The minimum absolute atomic E-state index is 0.0737. The molecule has 0 saturated carbocycles. The SMILES string of the molecule is CCC(=O)C(C)Cc1ccc(O)cc1. The minimum atomic E-state index is 0.0737. The summed E-state index contributed by atoms with van der Waals surface area (Å²) in [5, 5.41) is 9.08. The normalized spacial score (nSPS) is 12.4. The maximum absolute atomic E-state index is 11.3. The molecule has 2 nitrogen and oxygen atoms in total. The fourth-order valence-electron chi connectivity index (χ4n) is 1.45. The second-order valence-electron chi connectivity index (χ2n) is 3.59. The third-order valence-corrected chi connectivity index (χ3v) is 2.38. The lowest BCUT2D eigenvalue weighted by Gasteiger charge is -2.08. The van der Waals surface area contributed by atoms with Gasteiger partial charge in [0.1, 0.15) is 11.5 Å². The van der Waals surface area contributed by atoms with Crippen molar-refractivity contribution in [2.75, 3.05) is 0 Å². The fraction of sp³-hybridized carbons (Fsp3) is 0.417. The number of ketones is 1. The summed E-state index contributed by atoms with van der Waals surface area (Å²) in [4.78, 5) is 11.3. The monoisotopic (exact) mass is 192 g/mol. The Morgan fingerprint density at radius 2 is 1.93 bits per heavy atom. The number of hydrogen-bond acceptors (Lipinski definition) is 2. The van der Waals surface area contributed by atoms with Gasteiger partial charge in [-0.3, -0.25) is 4.79 Å². The number of phenols is 1. The van der Waals surface area contributed by atoms with E-state index in [0.29, 0.717) is 6.42 Å². The Morgan fingerprint density at radius 3 is 2.43 bits per heavy atom. The van der Waals surface area contributed by atoms with E-state index in [1.165, 1.54) is 0 Å². The quantitative estimate of drug-likeness (QED) is 0.796. The van der Waals surface area contributed by atoms with Crippen LogP contribution in [-0.2, 0) is 11.2 Å². The number of phenolic OH excluding ortho intramolecular Hbond substituents is 1. The molecule has 1 aromatic rings. The highest BCUT2D eigenvalue weighted by Crippen LogP contribution is 2.14. The van der Waals surface area contributed by atoms with Gasteiger partial charge in [-0.1, -0.05) is 26.0 Å². The van der Waals surface area contributed by atoms with Crippen LogP contribution in [0.15, 0.2) is 24.3 Å². The summed E-state index contributed by atoms with van der Waals surface area (Å²) in [5.74, 6) is 0.630. The highest BCUT2D eigenvalue weighted by Gasteiger charge is 2.10. The van der Waals surface area contributed by atoms with Crippen molar-refractivity contribution in [2.45, 2.75) is 26.7 Å². The zero-order valence-electron chi connectivity index (χ0n) is 8.66. The van der Waals surface area contributed by atoms with Crippen molar-refractivity contribution >= 4 is 5.78 Å². The van der Waals surface area contributed by atoms with Gasteiger partial charge in [0.15, 0.2) is 0 Å². The van der Waals surface area contributed by atoms with Crippen molar-refractivity contribution in [3.8, 4) is 5.75 Å². The van der Waals surface area contributed by atoms with E-state index in [-0.39, 0.29) is 17.5 Å². The smallest absolute Gasteiger partial charge is 0.135 e. The second kappa shape index (κ2) is 4.80. The molecule has 0 aliphatic rings. The van der Waals surface area contributed by atoms with E-state index in [2.05, 4.69) is 0 Å². The van der Waals surface area contributed by atoms with Crippen LogP contribution in [0.3, 0.4) is 0 Å². The van der Waals surface area contributed by atoms with Crippen LogP contribution in [0.5, 0.6) is 5.75 Å². The molecule has 0 bridgehead atoms. The average molecular weight is 192 g/mol. The predicted molar refractivity (Wildman–Crippen MR) is 56.3 cm³/mol. The highest BCUT2D eigenvalue weighted by atomic mass is 16.3. The van der Waals surface area contributed by atoms with Gasteiger partial charge in [-0.25, -0.2) is 0 Å². The van der Waals surface area contributed by atoms with Crippen molar-refractivity contribution in [1.82, 2.24) is 0 Å². The third kappa shape index (κ3) is 2.87. The lowest BCUT2D eigenvalue weighted by atomic mass is 9.96. The summed E-state index contributed by atoms with van der Waals surface area (Å²) in [5.41, 5.74) is 1.09. The molecule has 1 rings (SSSR count). The Labute approximate surface area is 84.6 Å². The number of Topliss-reactive ketones (excluding diaryl/α,β-unsaturated/α-hetero) is 1. The molecule has 0 spiro atoms. The zero-order chi connectivity index (χ0) is 10.6. The largest absolute Gasteiger partial charge is 0.508 e. The van der Waals surface area contributed by atoms with Gasteiger partial charge >= 0.3 is 0 Å². The molecular weight excluding hydrogens is 176 g/mol. The molecular formula is C12H16O2. The van der Waals surface area contributed by atoms with Gasteiger partial charge in [0.2, 0.25) is 0 Å². The molecule has 1 aromatic carbocycles. The Hall–Kier alpha value is -1.31. The Morgan fingerprint density at radius 1 is 1.36 bits per heavy atom. The van der Waals surface area contributed by atoms with E-state index < -0.39 is 0 Å². The number of rotatable bonds is 4. The number of benzene rings is 1. The fourth-order valence-corrected chi connectivity index (χ4v) is 1.45. The molecule has 0 aliphatic carbocycles. The molecule has 0 aromatic heterocycles. The van der Waals surface area contributed by atoms with Crippen LogP contribution < -0.4 is 0 Å². The van der Waals surface area contributed by atoms with Crippen LogP contribution in [0.2, 0.25) is 0 Å². The summed E-state index contributed by atoms with van der Waals surface area (Å²) in [6.45, 7) is 3.83. The van der Waals surface area contributed by atoms with Crippen molar-refractivity contribution in [2.24, 2.45) is 5.92 Å². The first-order chi connectivity index (χ1) is 6.63. The molecule has 0 heterocycles. The zero-order valence-corrected chi connectivity index (χ0v) is 8.66.